The monoisotopic (exact) mass is 535 g/mol. The van der Waals surface area contributed by atoms with Gasteiger partial charge in [0.15, 0.2) is 0 Å². The largest absolute Gasteiger partial charge is 0.507 e. The molecule has 1 saturated heterocycles. The van der Waals surface area contributed by atoms with Crippen LogP contribution in [-0.2, 0) is 4.79 Å². The fourth-order valence-corrected chi connectivity index (χ4v) is 4.71. The average molecular weight is 536 g/mol. The number of nitrogens with two attached hydrogens (primary N) is 1. The Morgan fingerprint density at radius 1 is 1.02 bits per heavy atom. The van der Waals surface area contributed by atoms with E-state index in [1.165, 1.54) is 11.0 Å². The van der Waals surface area contributed by atoms with Crippen LogP contribution in [0.25, 0.3) is 22.2 Å². The number of hydrogen-bond donors (Lipinski definition) is 4. The van der Waals surface area contributed by atoms with Gasteiger partial charge in [-0.25, -0.2) is 15.6 Å². The number of phenols is 1. The maximum absolute atomic E-state index is 12.9. The van der Waals surface area contributed by atoms with Crippen molar-refractivity contribution in [3.63, 3.8) is 0 Å². The summed E-state index contributed by atoms with van der Waals surface area (Å²) in [5, 5.41) is 20.6. The Labute approximate surface area is 229 Å². The van der Waals surface area contributed by atoms with Crippen LogP contribution in [0.1, 0.15) is 51.1 Å². The van der Waals surface area contributed by atoms with Crippen LogP contribution in [0.4, 0.5) is 0 Å². The molecule has 0 aliphatic carbocycles. The number of carboxylic acids is 1. The molecule has 1 fully saturated rings. The number of carbonyl (C=O) groups excluding carboxylic acids is 2. The first-order valence-electron chi connectivity index (χ1n) is 12.6. The number of nitrogens with zero attached hydrogens (tertiary/aromatic N) is 3. The van der Waals surface area contributed by atoms with Crippen molar-refractivity contribution in [2.24, 2.45) is 5.84 Å². The number of hydrazine groups is 1. The molecule has 1 unspecified atom stereocenters. The molecule has 0 bridgehead atoms. The lowest BCUT2D eigenvalue weighted by atomic mass is 10.0. The summed E-state index contributed by atoms with van der Waals surface area (Å²) in [7, 11) is 0. The number of carboxylic acid groups (broad SMARTS) is 1. The molecule has 1 aliphatic rings. The van der Waals surface area contributed by atoms with E-state index in [-0.39, 0.29) is 11.3 Å². The molecule has 10 nitrogen and oxygen atoms in total. The lowest BCUT2D eigenvalue weighted by molar-refractivity contribution is -0.143. The molecule has 0 spiro atoms. The van der Waals surface area contributed by atoms with E-state index in [9.17, 15) is 24.6 Å². The summed E-state index contributed by atoms with van der Waals surface area (Å²) in [6, 6.07) is 14.1. The molecule has 0 saturated carbocycles. The zero-order chi connectivity index (χ0) is 28.2. The Hall–Kier alpha value is -5.27. The van der Waals surface area contributed by atoms with E-state index in [4.69, 9.17) is 5.84 Å². The molecule has 4 aromatic rings. The van der Waals surface area contributed by atoms with Gasteiger partial charge in [0.2, 0.25) is 0 Å². The third-order valence-electron chi connectivity index (χ3n) is 6.80. The van der Waals surface area contributed by atoms with E-state index < -0.39 is 23.8 Å². The molecule has 5 N–H and O–H groups in total. The van der Waals surface area contributed by atoms with Gasteiger partial charge in [0.25, 0.3) is 11.8 Å². The first kappa shape index (κ1) is 26.3. The predicted molar refractivity (Wildman–Crippen MR) is 147 cm³/mol. The van der Waals surface area contributed by atoms with E-state index in [1.54, 1.807) is 48.8 Å². The number of aromatic hydroxyl groups is 1. The van der Waals surface area contributed by atoms with Crippen LogP contribution in [0.2, 0.25) is 0 Å². The van der Waals surface area contributed by atoms with Gasteiger partial charge < -0.3 is 15.1 Å². The lowest BCUT2D eigenvalue weighted by Crippen LogP contribution is -2.47. The molecule has 0 radical (unpaired) electrons. The van der Waals surface area contributed by atoms with Gasteiger partial charge in [-0.3, -0.25) is 20.0 Å². The molecule has 1 atom stereocenters. The molecular formula is C30H25N5O5. The number of nitrogen functional groups attached to an aromatic ring is 1. The predicted octanol–water partition coefficient (Wildman–Crippen LogP) is 3.09. The summed E-state index contributed by atoms with van der Waals surface area (Å²) in [5.41, 5.74) is 5.66. The van der Waals surface area contributed by atoms with Crippen molar-refractivity contribution < 1.29 is 24.6 Å². The summed E-state index contributed by atoms with van der Waals surface area (Å²) >= 11 is 0. The topological polar surface area (TPSA) is 159 Å². The van der Waals surface area contributed by atoms with Gasteiger partial charge in [-0.05, 0) is 61.7 Å². The normalized spacial score (nSPS) is 14.7. The van der Waals surface area contributed by atoms with Gasteiger partial charge in [-0.15, -0.1) is 0 Å². The highest BCUT2D eigenvalue weighted by Gasteiger charge is 2.32. The van der Waals surface area contributed by atoms with Gasteiger partial charge in [-0.1, -0.05) is 24.0 Å². The Kier molecular flexibility index (Phi) is 7.39. The van der Waals surface area contributed by atoms with Crippen LogP contribution >= 0.6 is 0 Å². The highest BCUT2D eigenvalue weighted by molar-refractivity contribution is 6.06. The maximum atomic E-state index is 12.9. The molecule has 1 aliphatic heterocycles. The zero-order valence-corrected chi connectivity index (χ0v) is 21.3. The summed E-state index contributed by atoms with van der Waals surface area (Å²) in [4.78, 5) is 46.9. The first-order valence-corrected chi connectivity index (χ1v) is 12.6. The lowest BCUT2D eigenvalue weighted by Gasteiger charge is -2.33. The molecule has 3 heterocycles. The Morgan fingerprint density at radius 2 is 1.82 bits per heavy atom. The smallest absolute Gasteiger partial charge is 0.326 e. The number of fused-ring (bicyclic) bond motifs is 1. The van der Waals surface area contributed by atoms with Crippen molar-refractivity contribution in [1.29, 1.82) is 0 Å². The van der Waals surface area contributed by atoms with Gasteiger partial charge in [0.1, 0.15) is 11.8 Å². The van der Waals surface area contributed by atoms with Gasteiger partial charge >= 0.3 is 5.97 Å². The van der Waals surface area contributed by atoms with Crippen LogP contribution in [0.3, 0.4) is 0 Å². The zero-order valence-electron chi connectivity index (χ0n) is 21.3. The molecule has 5 rings (SSSR count). The van der Waals surface area contributed by atoms with Crippen LogP contribution in [-0.4, -0.2) is 55.5 Å². The standard InChI is InChI=1S/C30H25N5O5/c31-34-28(37)22-16-25(33-24-12-13-32-17-23(22)24)19-7-4-18(5-8-19)6-9-20-10-11-21(15-27(20)36)29(38)35-14-2-1-3-26(35)30(39)40/h4-5,7-8,10-13,15-17,26,36H,1-3,14,31H2,(H,34,37)(H,39,40). The van der Waals surface area contributed by atoms with E-state index in [0.29, 0.717) is 46.3 Å². The maximum Gasteiger partial charge on any atom is 0.326 e. The highest BCUT2D eigenvalue weighted by atomic mass is 16.4. The first-order chi connectivity index (χ1) is 19.4. The van der Waals surface area contributed by atoms with Crippen molar-refractivity contribution in [3.8, 4) is 28.8 Å². The fraction of sp³-hybridized carbons (Fsp3) is 0.167. The van der Waals surface area contributed by atoms with Crippen molar-refractivity contribution >= 4 is 28.7 Å². The second-order valence-electron chi connectivity index (χ2n) is 9.33. The molecule has 2 aromatic carbocycles. The van der Waals surface area contributed by atoms with Gasteiger partial charge in [0, 0.05) is 41.0 Å². The number of aliphatic carboxylic acids is 1. The number of carbonyl (C=O) groups is 3. The fourth-order valence-electron chi connectivity index (χ4n) is 4.71. The van der Waals surface area contributed by atoms with Crippen molar-refractivity contribution in [1.82, 2.24) is 20.3 Å². The van der Waals surface area contributed by atoms with Crippen LogP contribution in [0.5, 0.6) is 5.75 Å². The van der Waals surface area contributed by atoms with Gasteiger partial charge in [-0.2, -0.15) is 0 Å². The minimum Gasteiger partial charge on any atom is -0.507 e. The summed E-state index contributed by atoms with van der Waals surface area (Å²) in [6.07, 6.45) is 5.06. The Bertz CT molecular complexity index is 1690. The van der Waals surface area contributed by atoms with Crippen LogP contribution < -0.4 is 11.3 Å². The number of piperidine rings is 1. The number of hydrogen-bond acceptors (Lipinski definition) is 7. The van der Waals surface area contributed by atoms with Crippen LogP contribution in [0.15, 0.2) is 67.0 Å². The number of pyridine rings is 2. The number of nitrogens with one attached hydrogen (secondary N) is 1. The Balaban J connectivity index is 1.36. The third-order valence-corrected chi connectivity index (χ3v) is 6.80. The number of likely N-dealkylation sites (tertiary alicyclic amines) is 1. The van der Waals surface area contributed by atoms with E-state index in [0.717, 1.165) is 18.4 Å². The molecule has 10 heteroatoms. The number of benzene rings is 2. The van der Waals surface area contributed by atoms with Gasteiger partial charge in [0.05, 0.1) is 22.3 Å². The average Bonchev–Trinajstić information content (AvgIpc) is 2.99. The summed E-state index contributed by atoms with van der Waals surface area (Å²) in [6.45, 7) is 0.363. The quantitative estimate of drug-likeness (QED) is 0.134. The van der Waals surface area contributed by atoms with Crippen molar-refractivity contribution in [2.75, 3.05) is 6.54 Å². The Morgan fingerprint density at radius 3 is 2.55 bits per heavy atom. The number of rotatable bonds is 4. The second kappa shape index (κ2) is 11.2. The molecule has 2 aromatic heterocycles. The molecule has 200 valence electrons. The summed E-state index contributed by atoms with van der Waals surface area (Å²) in [5.74, 6) is 9.18. The number of aromatic nitrogens is 2. The molecular weight excluding hydrogens is 510 g/mol. The molecule has 40 heavy (non-hydrogen) atoms. The van der Waals surface area contributed by atoms with Crippen LogP contribution in [0, 0.1) is 11.8 Å². The second-order valence-corrected chi connectivity index (χ2v) is 9.33. The minimum absolute atomic E-state index is 0.167. The number of amides is 2. The van der Waals surface area contributed by atoms with E-state index >= 15 is 0 Å². The van der Waals surface area contributed by atoms with E-state index in [1.807, 2.05) is 12.1 Å². The van der Waals surface area contributed by atoms with E-state index in [2.05, 4.69) is 27.2 Å². The minimum atomic E-state index is -1.03. The van der Waals surface area contributed by atoms with Crippen molar-refractivity contribution in [3.05, 3.63) is 89.2 Å². The third kappa shape index (κ3) is 5.32. The summed E-state index contributed by atoms with van der Waals surface area (Å²) < 4.78 is 0. The number of phenolic OH excluding ortho intramolecular Hbond substituents is 1. The highest BCUT2D eigenvalue weighted by Crippen LogP contribution is 2.26. The SMILES string of the molecule is NNC(=O)c1cc(-c2ccc(C#Cc3ccc(C(=O)N4CCCCC4C(=O)O)cc3O)cc2)nc2ccncc12. The molecule has 2 amide bonds. The van der Waals surface area contributed by atoms with Crippen molar-refractivity contribution in [2.45, 2.75) is 25.3 Å².